The normalized spacial score (nSPS) is 31.3. The van der Waals surface area contributed by atoms with Crippen molar-refractivity contribution >= 4 is 5.91 Å². The van der Waals surface area contributed by atoms with Gasteiger partial charge in [0, 0.05) is 12.1 Å². The van der Waals surface area contributed by atoms with Crippen LogP contribution in [0.5, 0.6) is 0 Å². The third kappa shape index (κ3) is 2.78. The molecule has 3 nitrogen and oxygen atoms in total. The van der Waals surface area contributed by atoms with Crippen LogP contribution in [-0.4, -0.2) is 22.9 Å². The van der Waals surface area contributed by atoms with E-state index in [-0.39, 0.29) is 5.91 Å². The summed E-state index contributed by atoms with van der Waals surface area (Å²) >= 11 is 0. The topological polar surface area (TPSA) is 44.1 Å². The number of nitrogens with zero attached hydrogens (tertiary/aromatic N) is 2. The van der Waals surface area contributed by atoms with E-state index >= 15 is 0 Å². The molecule has 2 rings (SSSR count). The first-order valence-electron chi connectivity index (χ1n) is 7.85. The number of hydrogen-bond acceptors (Lipinski definition) is 2. The Morgan fingerprint density at radius 1 is 1.05 bits per heavy atom. The van der Waals surface area contributed by atoms with Crippen molar-refractivity contribution in [1.29, 1.82) is 5.26 Å². The van der Waals surface area contributed by atoms with Crippen LogP contribution in [0.1, 0.15) is 71.6 Å². The summed E-state index contributed by atoms with van der Waals surface area (Å²) in [6, 6.07) is 3.00. The first-order chi connectivity index (χ1) is 9.10. The van der Waals surface area contributed by atoms with Gasteiger partial charge in [-0.05, 0) is 46.0 Å². The summed E-state index contributed by atoms with van der Waals surface area (Å²) in [5, 5.41) is 9.64. The number of hydrogen-bond donors (Lipinski definition) is 0. The van der Waals surface area contributed by atoms with Crippen LogP contribution < -0.4 is 0 Å². The largest absolute Gasteiger partial charge is 0.336 e. The van der Waals surface area contributed by atoms with Gasteiger partial charge in [0.25, 0.3) is 0 Å². The van der Waals surface area contributed by atoms with E-state index < -0.39 is 5.41 Å². The molecule has 0 spiro atoms. The molecule has 0 unspecified atom stereocenters. The second kappa shape index (κ2) is 5.94. The lowest BCUT2D eigenvalue weighted by molar-refractivity contribution is -0.146. The maximum atomic E-state index is 13.0. The first kappa shape index (κ1) is 14.4. The maximum Gasteiger partial charge on any atom is 0.243 e. The number of rotatable bonds is 1. The summed E-state index contributed by atoms with van der Waals surface area (Å²) in [7, 11) is 0. The Morgan fingerprint density at radius 3 is 2.05 bits per heavy atom. The van der Waals surface area contributed by atoms with Gasteiger partial charge in [0.2, 0.25) is 5.91 Å². The minimum absolute atomic E-state index is 0.122. The van der Waals surface area contributed by atoms with Gasteiger partial charge < -0.3 is 4.90 Å². The SMILES string of the molecule is C[C@@H]1CCC[C@H](C)N1C(=O)C1(C#N)CCCCCC1. The molecular weight excluding hydrogens is 236 g/mol. The van der Waals surface area contributed by atoms with Crippen LogP contribution >= 0.6 is 0 Å². The van der Waals surface area contributed by atoms with Crippen molar-refractivity contribution in [3.63, 3.8) is 0 Å². The van der Waals surface area contributed by atoms with Crippen molar-refractivity contribution in [2.75, 3.05) is 0 Å². The second-order valence-electron chi connectivity index (χ2n) is 6.45. The summed E-state index contributed by atoms with van der Waals surface area (Å²) < 4.78 is 0. The molecule has 1 saturated heterocycles. The molecule has 3 heteroatoms. The average Bonchev–Trinajstić information content (AvgIpc) is 2.64. The van der Waals surface area contributed by atoms with E-state index in [0.717, 1.165) is 38.5 Å². The van der Waals surface area contributed by atoms with Gasteiger partial charge in [-0.3, -0.25) is 4.79 Å². The Hall–Kier alpha value is -1.04. The van der Waals surface area contributed by atoms with Crippen LogP contribution in [-0.2, 0) is 4.79 Å². The molecule has 1 aliphatic heterocycles. The summed E-state index contributed by atoms with van der Waals surface area (Å²) in [4.78, 5) is 15.0. The Kier molecular flexibility index (Phi) is 4.50. The number of carbonyl (C=O) groups excluding carboxylic acids is 1. The fraction of sp³-hybridized carbons (Fsp3) is 0.875. The molecule has 1 heterocycles. The van der Waals surface area contributed by atoms with Gasteiger partial charge in [0.05, 0.1) is 6.07 Å². The van der Waals surface area contributed by atoms with Crippen molar-refractivity contribution in [1.82, 2.24) is 4.90 Å². The van der Waals surface area contributed by atoms with Crippen LogP contribution in [0.4, 0.5) is 0 Å². The predicted octanol–water partition coefficient (Wildman–Crippen LogP) is 3.64. The Morgan fingerprint density at radius 2 is 1.58 bits per heavy atom. The van der Waals surface area contributed by atoms with Gasteiger partial charge in [-0.15, -0.1) is 0 Å². The number of carbonyl (C=O) groups is 1. The molecular formula is C16H26N2O. The standard InChI is InChI=1S/C16H26N2O/c1-13-8-7-9-14(2)18(13)15(19)16(12-17)10-5-3-4-6-11-16/h13-14H,3-11H2,1-2H3/t13-,14+. The molecule has 0 aromatic carbocycles. The van der Waals surface area contributed by atoms with Crippen molar-refractivity contribution in [2.24, 2.45) is 5.41 Å². The van der Waals surface area contributed by atoms with Crippen LogP contribution in [0.3, 0.4) is 0 Å². The van der Waals surface area contributed by atoms with E-state index in [0.29, 0.717) is 12.1 Å². The van der Waals surface area contributed by atoms with Crippen molar-refractivity contribution in [3.8, 4) is 6.07 Å². The van der Waals surface area contributed by atoms with Gasteiger partial charge >= 0.3 is 0 Å². The highest BCUT2D eigenvalue weighted by Crippen LogP contribution is 2.38. The molecule has 1 saturated carbocycles. The zero-order valence-electron chi connectivity index (χ0n) is 12.3. The third-order valence-electron chi connectivity index (χ3n) is 5.01. The highest BCUT2D eigenvalue weighted by molar-refractivity contribution is 5.86. The molecule has 19 heavy (non-hydrogen) atoms. The smallest absolute Gasteiger partial charge is 0.243 e. The van der Waals surface area contributed by atoms with Crippen LogP contribution in [0.2, 0.25) is 0 Å². The minimum Gasteiger partial charge on any atom is -0.336 e. The van der Waals surface area contributed by atoms with Gasteiger partial charge in [0.1, 0.15) is 5.41 Å². The van der Waals surface area contributed by atoms with Crippen LogP contribution in [0.25, 0.3) is 0 Å². The highest BCUT2D eigenvalue weighted by Gasteiger charge is 2.44. The molecule has 0 radical (unpaired) electrons. The summed E-state index contributed by atoms with van der Waals surface area (Å²) in [5.41, 5.74) is -0.726. The minimum atomic E-state index is -0.726. The van der Waals surface area contributed by atoms with Crippen LogP contribution in [0, 0.1) is 16.7 Å². The Labute approximate surface area is 117 Å². The fourth-order valence-electron chi connectivity index (χ4n) is 3.77. The van der Waals surface area contributed by atoms with Gasteiger partial charge in [-0.1, -0.05) is 25.7 Å². The van der Waals surface area contributed by atoms with Gasteiger partial charge in [0.15, 0.2) is 0 Å². The quantitative estimate of drug-likeness (QED) is 0.677. The zero-order valence-corrected chi connectivity index (χ0v) is 12.3. The van der Waals surface area contributed by atoms with E-state index in [1.807, 2.05) is 4.90 Å². The maximum absolute atomic E-state index is 13.0. The monoisotopic (exact) mass is 262 g/mol. The number of likely N-dealkylation sites (tertiary alicyclic amines) is 1. The molecule has 2 atom stereocenters. The molecule has 0 N–H and O–H groups in total. The highest BCUT2D eigenvalue weighted by atomic mass is 16.2. The summed E-state index contributed by atoms with van der Waals surface area (Å²) in [6.07, 6.45) is 9.27. The van der Waals surface area contributed by atoms with Crippen molar-refractivity contribution in [2.45, 2.75) is 83.7 Å². The number of nitriles is 1. The lowest BCUT2D eigenvalue weighted by Gasteiger charge is -2.43. The average molecular weight is 262 g/mol. The van der Waals surface area contributed by atoms with Crippen molar-refractivity contribution in [3.05, 3.63) is 0 Å². The molecule has 0 aromatic rings. The predicted molar refractivity (Wildman–Crippen MR) is 75.4 cm³/mol. The lowest BCUT2D eigenvalue weighted by atomic mass is 9.79. The van der Waals surface area contributed by atoms with E-state index in [2.05, 4.69) is 19.9 Å². The zero-order chi connectivity index (χ0) is 13.9. The number of amides is 1. The van der Waals surface area contributed by atoms with E-state index in [9.17, 15) is 10.1 Å². The van der Waals surface area contributed by atoms with Crippen molar-refractivity contribution < 1.29 is 4.79 Å². The number of piperidine rings is 1. The second-order valence-corrected chi connectivity index (χ2v) is 6.45. The Balaban J connectivity index is 2.21. The molecule has 2 fully saturated rings. The third-order valence-corrected chi connectivity index (χ3v) is 5.01. The molecule has 106 valence electrons. The van der Waals surface area contributed by atoms with Crippen LogP contribution in [0.15, 0.2) is 0 Å². The fourth-order valence-corrected chi connectivity index (χ4v) is 3.77. The van der Waals surface area contributed by atoms with E-state index in [4.69, 9.17) is 0 Å². The molecule has 2 aliphatic rings. The lowest BCUT2D eigenvalue weighted by Crippen LogP contribution is -2.53. The molecule has 1 amide bonds. The summed E-state index contributed by atoms with van der Waals surface area (Å²) in [5.74, 6) is 0.122. The molecule has 0 aromatic heterocycles. The Bertz CT molecular complexity index is 353. The molecule has 1 aliphatic carbocycles. The molecule has 0 bridgehead atoms. The van der Waals surface area contributed by atoms with E-state index in [1.165, 1.54) is 19.3 Å². The van der Waals surface area contributed by atoms with E-state index in [1.54, 1.807) is 0 Å². The van der Waals surface area contributed by atoms with Gasteiger partial charge in [-0.25, -0.2) is 0 Å². The first-order valence-corrected chi connectivity index (χ1v) is 7.85. The van der Waals surface area contributed by atoms with Gasteiger partial charge in [-0.2, -0.15) is 5.26 Å². The summed E-state index contributed by atoms with van der Waals surface area (Å²) in [6.45, 7) is 4.27.